The predicted molar refractivity (Wildman–Crippen MR) is 103 cm³/mol. The molecule has 1 unspecified atom stereocenters. The van der Waals surface area contributed by atoms with E-state index in [9.17, 15) is 0 Å². The summed E-state index contributed by atoms with van der Waals surface area (Å²) >= 11 is 0. The average molecular weight is 347 g/mol. The summed E-state index contributed by atoms with van der Waals surface area (Å²) in [4.78, 5) is 0. The monoisotopic (exact) mass is 346 g/mol. The zero-order valence-electron chi connectivity index (χ0n) is 16.5. The third-order valence-electron chi connectivity index (χ3n) is 4.11. The molecule has 0 aromatic carbocycles. The number of unbranched alkanes of at least 4 members (excludes halogenated alkanes) is 5. The lowest BCUT2D eigenvalue weighted by molar-refractivity contribution is -0.241. The van der Waals surface area contributed by atoms with Gasteiger partial charge < -0.3 is 14.2 Å². The Balaban J connectivity index is 4.50. The summed E-state index contributed by atoms with van der Waals surface area (Å²) < 4.78 is 18.5. The summed E-state index contributed by atoms with van der Waals surface area (Å²) in [6.07, 6.45) is 12.1. The van der Waals surface area contributed by atoms with Gasteiger partial charge in [0.25, 0.3) is 0 Å². The van der Waals surface area contributed by atoms with Crippen LogP contribution in [0.15, 0.2) is 0 Å². The van der Waals surface area contributed by atoms with Crippen molar-refractivity contribution in [2.45, 2.75) is 103 Å². The van der Waals surface area contributed by atoms with Crippen LogP contribution in [0.3, 0.4) is 0 Å². The van der Waals surface area contributed by atoms with Gasteiger partial charge in [0.05, 0.1) is 10.2 Å². The van der Waals surface area contributed by atoms with E-state index >= 15 is 0 Å². The van der Waals surface area contributed by atoms with Crippen molar-refractivity contribution in [1.29, 1.82) is 0 Å². The summed E-state index contributed by atoms with van der Waals surface area (Å²) in [5.41, 5.74) is -0.468. The maximum atomic E-state index is 6.16. The van der Waals surface area contributed by atoms with E-state index in [1.807, 2.05) is 0 Å². The van der Waals surface area contributed by atoms with Crippen molar-refractivity contribution in [3.8, 4) is 0 Å². The fraction of sp³-hybridized carbons (Fsp3) is 1.00. The number of rotatable bonds is 17. The molecule has 140 valence electrons. The van der Waals surface area contributed by atoms with Gasteiger partial charge in [0.15, 0.2) is 5.41 Å². The van der Waals surface area contributed by atoms with E-state index in [1.54, 1.807) is 0 Å². The zero-order chi connectivity index (χ0) is 17.4. The summed E-state index contributed by atoms with van der Waals surface area (Å²) in [7, 11) is 0.848. The molecule has 0 N–H and O–H groups in total. The molecular weight excluding hydrogens is 304 g/mol. The minimum atomic E-state index is -0.468. The third-order valence-corrected chi connectivity index (χ3v) is 5.33. The fourth-order valence-electron chi connectivity index (χ4n) is 2.70. The Morgan fingerprint density at radius 2 is 1.22 bits per heavy atom. The van der Waals surface area contributed by atoms with Crippen molar-refractivity contribution >= 4 is 10.2 Å². The van der Waals surface area contributed by atoms with Crippen LogP contribution in [0.5, 0.6) is 0 Å². The molecule has 0 bridgehead atoms. The molecule has 0 aliphatic rings. The largest absolute Gasteiger partial charge is 0.373 e. The second kappa shape index (κ2) is 15.6. The van der Waals surface area contributed by atoms with Gasteiger partial charge in [-0.05, 0) is 25.7 Å². The van der Waals surface area contributed by atoms with Gasteiger partial charge in [-0.1, -0.05) is 66.2 Å². The van der Waals surface area contributed by atoms with Crippen molar-refractivity contribution in [1.82, 2.24) is 0 Å². The molecule has 0 aliphatic heterocycles. The molecule has 0 radical (unpaired) electrons. The van der Waals surface area contributed by atoms with Crippen LogP contribution in [0.2, 0.25) is 0 Å². The molecule has 0 saturated heterocycles. The van der Waals surface area contributed by atoms with Crippen LogP contribution in [-0.2, 0) is 14.2 Å². The van der Waals surface area contributed by atoms with E-state index < -0.39 is 5.41 Å². The lowest BCUT2D eigenvalue weighted by Crippen LogP contribution is -2.50. The van der Waals surface area contributed by atoms with Gasteiger partial charge in [-0.25, -0.2) is 0 Å². The van der Waals surface area contributed by atoms with E-state index in [-0.39, 0.29) is 6.10 Å². The molecular formula is C19H42O3Si. The van der Waals surface area contributed by atoms with Crippen molar-refractivity contribution in [3.05, 3.63) is 0 Å². The molecule has 0 spiro atoms. The van der Waals surface area contributed by atoms with Gasteiger partial charge in [-0.15, -0.1) is 0 Å². The van der Waals surface area contributed by atoms with Crippen LogP contribution < -0.4 is 0 Å². The molecule has 3 nitrogen and oxygen atoms in total. The Morgan fingerprint density at radius 3 is 1.74 bits per heavy atom. The zero-order valence-corrected chi connectivity index (χ0v) is 18.5. The Kier molecular flexibility index (Phi) is 15.7. The highest BCUT2D eigenvalue weighted by Gasteiger charge is 2.36. The van der Waals surface area contributed by atoms with Crippen LogP contribution in [-0.4, -0.2) is 41.6 Å². The van der Waals surface area contributed by atoms with E-state index in [2.05, 4.69) is 27.7 Å². The first-order valence-electron chi connectivity index (χ1n) is 10.0. The van der Waals surface area contributed by atoms with E-state index in [1.165, 1.54) is 38.5 Å². The minimum absolute atomic E-state index is 0.0957. The molecule has 23 heavy (non-hydrogen) atoms. The third kappa shape index (κ3) is 11.3. The quantitative estimate of drug-likeness (QED) is 0.222. The SMILES string of the molecule is CCCCCCCCC(OCCC)C([SiH3])(OCCC)OCCC. The minimum Gasteiger partial charge on any atom is -0.373 e. The maximum Gasteiger partial charge on any atom is 0.166 e. The molecule has 0 amide bonds. The summed E-state index contributed by atoms with van der Waals surface area (Å²) in [6.45, 7) is 11.0. The second-order valence-electron chi connectivity index (χ2n) is 6.63. The first-order valence-corrected chi connectivity index (χ1v) is 11.0. The molecule has 4 heteroatoms. The topological polar surface area (TPSA) is 27.7 Å². The fourth-order valence-corrected chi connectivity index (χ4v) is 3.57. The molecule has 0 aliphatic carbocycles. The van der Waals surface area contributed by atoms with E-state index in [4.69, 9.17) is 14.2 Å². The van der Waals surface area contributed by atoms with Gasteiger partial charge in [-0.2, -0.15) is 0 Å². The van der Waals surface area contributed by atoms with Crippen LogP contribution in [0.1, 0.15) is 91.9 Å². The number of ether oxygens (including phenoxy) is 3. The molecule has 0 fully saturated rings. The molecule has 1 atom stereocenters. The van der Waals surface area contributed by atoms with Gasteiger partial charge in [0.1, 0.15) is 6.10 Å². The first kappa shape index (κ1) is 23.1. The van der Waals surface area contributed by atoms with Crippen LogP contribution in [0.25, 0.3) is 0 Å². The van der Waals surface area contributed by atoms with Crippen LogP contribution in [0, 0.1) is 0 Å². The summed E-state index contributed by atoms with van der Waals surface area (Å²) in [6, 6.07) is 0. The molecule has 0 saturated carbocycles. The van der Waals surface area contributed by atoms with Gasteiger partial charge in [-0.3, -0.25) is 0 Å². The molecule has 0 aromatic heterocycles. The van der Waals surface area contributed by atoms with Crippen LogP contribution in [0.4, 0.5) is 0 Å². The van der Waals surface area contributed by atoms with Crippen molar-refractivity contribution in [2.24, 2.45) is 0 Å². The van der Waals surface area contributed by atoms with Gasteiger partial charge in [0.2, 0.25) is 0 Å². The predicted octanol–water partition coefficient (Wildman–Crippen LogP) is 4.40. The first-order chi connectivity index (χ1) is 11.1. The lowest BCUT2D eigenvalue weighted by Gasteiger charge is -2.38. The number of hydrogen-bond donors (Lipinski definition) is 0. The average Bonchev–Trinajstić information content (AvgIpc) is 2.56. The Labute approximate surface area is 148 Å². The van der Waals surface area contributed by atoms with E-state index in [0.717, 1.165) is 55.7 Å². The Bertz CT molecular complexity index is 241. The highest BCUT2D eigenvalue weighted by molar-refractivity contribution is 6.13. The second-order valence-corrected chi connectivity index (χ2v) is 8.02. The Hall–Kier alpha value is 0.0969. The normalized spacial score (nSPS) is 13.6. The van der Waals surface area contributed by atoms with Gasteiger partial charge in [0, 0.05) is 19.8 Å². The van der Waals surface area contributed by atoms with Gasteiger partial charge >= 0.3 is 0 Å². The van der Waals surface area contributed by atoms with Crippen molar-refractivity contribution in [3.63, 3.8) is 0 Å². The van der Waals surface area contributed by atoms with Crippen molar-refractivity contribution in [2.75, 3.05) is 19.8 Å². The smallest absolute Gasteiger partial charge is 0.166 e. The maximum absolute atomic E-state index is 6.16. The van der Waals surface area contributed by atoms with Crippen molar-refractivity contribution < 1.29 is 14.2 Å². The summed E-state index contributed by atoms with van der Waals surface area (Å²) in [5, 5.41) is 0. The number of hydrogen-bond acceptors (Lipinski definition) is 3. The molecule has 0 aromatic rings. The lowest BCUT2D eigenvalue weighted by atomic mass is 10.1. The Morgan fingerprint density at radius 1 is 0.696 bits per heavy atom. The summed E-state index contributed by atoms with van der Waals surface area (Å²) in [5.74, 6) is 0. The molecule has 0 rings (SSSR count). The highest BCUT2D eigenvalue weighted by Crippen LogP contribution is 2.24. The highest BCUT2D eigenvalue weighted by atomic mass is 28.1. The van der Waals surface area contributed by atoms with Crippen LogP contribution >= 0.6 is 0 Å². The molecule has 0 heterocycles. The van der Waals surface area contributed by atoms with E-state index in [0.29, 0.717) is 0 Å². The standard InChI is InChI=1S/C19H42O3Si/c1-5-9-10-11-12-13-14-18(20-15-6-2)19(23,21-16-7-3)22-17-8-4/h18H,5-17H2,1-4,23H3.